The first-order chi connectivity index (χ1) is 9.76. The number of hydrogen-bond donors (Lipinski definition) is 1. The van der Waals surface area contributed by atoms with Crippen LogP contribution in [0.5, 0.6) is 0 Å². The number of carbonyl (C=O) groups is 1. The van der Waals surface area contributed by atoms with Crippen LogP contribution in [0.3, 0.4) is 0 Å². The minimum atomic E-state index is -0.0881. The minimum absolute atomic E-state index is 0.0491. The van der Waals surface area contributed by atoms with Gasteiger partial charge in [-0.2, -0.15) is 0 Å². The molecule has 1 atom stereocenters. The smallest absolute Gasteiger partial charge is 0.255 e. The normalized spacial score (nSPS) is 21.4. The largest absolute Gasteiger partial charge is 0.338 e. The molecule has 1 unspecified atom stereocenters. The Bertz CT molecular complexity index is 563. The van der Waals surface area contributed by atoms with Crippen LogP contribution in [0.25, 0.3) is 0 Å². The van der Waals surface area contributed by atoms with Crippen LogP contribution in [0.15, 0.2) is 17.0 Å². The highest BCUT2D eigenvalue weighted by Crippen LogP contribution is 2.34. The Balaban J connectivity index is 2.28. The van der Waals surface area contributed by atoms with Crippen LogP contribution in [0, 0.1) is 5.41 Å². The van der Waals surface area contributed by atoms with Crippen molar-refractivity contribution in [2.24, 2.45) is 11.1 Å². The van der Waals surface area contributed by atoms with Gasteiger partial charge in [-0.25, -0.2) is 0 Å². The van der Waals surface area contributed by atoms with E-state index in [0.29, 0.717) is 28.7 Å². The van der Waals surface area contributed by atoms with Crippen LogP contribution in [0.4, 0.5) is 0 Å². The van der Waals surface area contributed by atoms with E-state index in [4.69, 9.17) is 28.9 Å². The van der Waals surface area contributed by atoms with Gasteiger partial charge in [-0.3, -0.25) is 4.79 Å². The van der Waals surface area contributed by atoms with E-state index < -0.39 is 0 Å². The molecule has 21 heavy (non-hydrogen) atoms. The molecule has 2 N–H and O–H groups in total. The van der Waals surface area contributed by atoms with E-state index in [9.17, 15) is 4.79 Å². The number of likely N-dealkylation sites (tertiary alicyclic amines) is 1. The Kier molecular flexibility index (Phi) is 5.14. The molecule has 1 amide bonds. The second-order valence-electron chi connectivity index (χ2n) is 6.08. The first-order valence-electron chi connectivity index (χ1n) is 6.84. The van der Waals surface area contributed by atoms with Crippen LogP contribution in [0.1, 0.15) is 30.6 Å². The molecule has 0 radical (unpaired) electrons. The Morgan fingerprint density at radius 1 is 1.38 bits per heavy atom. The molecule has 1 aromatic carbocycles. The third-order valence-electron chi connectivity index (χ3n) is 4.07. The Morgan fingerprint density at radius 3 is 2.62 bits per heavy atom. The van der Waals surface area contributed by atoms with E-state index in [1.807, 2.05) is 11.2 Å². The van der Waals surface area contributed by atoms with Crippen molar-refractivity contribution < 1.29 is 4.79 Å². The zero-order valence-corrected chi connectivity index (χ0v) is 14.8. The molecule has 0 aromatic heterocycles. The van der Waals surface area contributed by atoms with E-state index in [1.54, 1.807) is 12.1 Å². The van der Waals surface area contributed by atoms with Crippen LogP contribution >= 0.6 is 35.0 Å². The molecule has 2 rings (SSSR count). The van der Waals surface area contributed by atoms with Crippen LogP contribution in [-0.2, 0) is 0 Å². The zero-order chi connectivity index (χ0) is 15.8. The molecule has 1 aliphatic rings. The quantitative estimate of drug-likeness (QED) is 0.825. The van der Waals surface area contributed by atoms with Crippen molar-refractivity contribution in [1.29, 1.82) is 0 Å². The van der Waals surface area contributed by atoms with Gasteiger partial charge < -0.3 is 10.6 Å². The summed E-state index contributed by atoms with van der Waals surface area (Å²) >= 11 is 13.8. The molecule has 1 aliphatic heterocycles. The lowest BCUT2D eigenvalue weighted by Gasteiger charge is -2.42. The fourth-order valence-corrected chi connectivity index (χ4v) is 3.75. The van der Waals surface area contributed by atoms with Crippen molar-refractivity contribution in [2.75, 3.05) is 19.3 Å². The summed E-state index contributed by atoms with van der Waals surface area (Å²) in [6, 6.07) is 3.53. The monoisotopic (exact) mass is 346 g/mol. The average Bonchev–Trinajstić information content (AvgIpc) is 2.41. The van der Waals surface area contributed by atoms with Crippen LogP contribution < -0.4 is 5.73 Å². The molecule has 0 bridgehead atoms. The number of amides is 1. The Labute approximate surface area is 140 Å². The first kappa shape index (κ1) is 16.9. The number of thioether (sulfide) groups is 1. The molecule has 0 saturated carbocycles. The number of piperidine rings is 1. The van der Waals surface area contributed by atoms with Crippen molar-refractivity contribution in [3.05, 3.63) is 27.7 Å². The molecule has 3 nitrogen and oxygen atoms in total. The maximum Gasteiger partial charge on any atom is 0.255 e. The molecule has 1 heterocycles. The lowest BCUT2D eigenvalue weighted by Crippen LogP contribution is -2.54. The second kappa shape index (κ2) is 6.37. The SMILES string of the molecule is CSc1cc(C(=O)N2CCC(N)C(C)(C)C2)c(Cl)cc1Cl. The van der Waals surface area contributed by atoms with Crippen molar-refractivity contribution in [2.45, 2.75) is 31.2 Å². The maximum atomic E-state index is 12.7. The molecule has 116 valence electrons. The summed E-state index contributed by atoms with van der Waals surface area (Å²) in [6.07, 6.45) is 2.73. The molecular formula is C15H20Cl2N2OS. The van der Waals surface area contributed by atoms with Gasteiger partial charge in [-0.15, -0.1) is 11.8 Å². The van der Waals surface area contributed by atoms with Gasteiger partial charge in [0.1, 0.15) is 0 Å². The average molecular weight is 347 g/mol. The maximum absolute atomic E-state index is 12.7. The minimum Gasteiger partial charge on any atom is -0.338 e. The van der Waals surface area contributed by atoms with Crippen LogP contribution in [0.2, 0.25) is 10.0 Å². The van der Waals surface area contributed by atoms with Gasteiger partial charge >= 0.3 is 0 Å². The third kappa shape index (κ3) is 3.50. The van der Waals surface area contributed by atoms with Gasteiger partial charge in [-0.1, -0.05) is 37.0 Å². The molecule has 1 saturated heterocycles. The molecular weight excluding hydrogens is 327 g/mol. The van der Waals surface area contributed by atoms with Gasteiger partial charge in [-0.05, 0) is 30.2 Å². The highest BCUT2D eigenvalue weighted by molar-refractivity contribution is 7.98. The van der Waals surface area contributed by atoms with E-state index in [-0.39, 0.29) is 17.4 Å². The highest BCUT2D eigenvalue weighted by Gasteiger charge is 2.36. The molecule has 0 aliphatic carbocycles. The van der Waals surface area contributed by atoms with Gasteiger partial charge in [0.2, 0.25) is 0 Å². The summed E-state index contributed by atoms with van der Waals surface area (Å²) in [6.45, 7) is 5.49. The molecule has 1 fully saturated rings. The van der Waals surface area contributed by atoms with Gasteiger partial charge in [0.25, 0.3) is 5.91 Å². The topological polar surface area (TPSA) is 46.3 Å². The van der Waals surface area contributed by atoms with Crippen molar-refractivity contribution in [3.63, 3.8) is 0 Å². The number of benzene rings is 1. The number of rotatable bonds is 2. The van der Waals surface area contributed by atoms with Gasteiger partial charge in [0.05, 0.1) is 15.6 Å². The fraction of sp³-hybridized carbons (Fsp3) is 0.533. The fourth-order valence-electron chi connectivity index (χ4n) is 2.57. The number of halogens is 2. The first-order valence-corrected chi connectivity index (χ1v) is 8.82. The zero-order valence-electron chi connectivity index (χ0n) is 12.5. The Hall–Kier alpha value is -0.420. The van der Waals surface area contributed by atoms with Gasteiger partial charge in [0, 0.05) is 24.0 Å². The summed E-state index contributed by atoms with van der Waals surface area (Å²) in [4.78, 5) is 15.4. The third-order valence-corrected chi connectivity index (χ3v) is 5.59. The summed E-state index contributed by atoms with van der Waals surface area (Å²) in [5.41, 5.74) is 6.55. The molecule has 6 heteroatoms. The number of nitrogens with zero attached hydrogens (tertiary/aromatic N) is 1. The van der Waals surface area contributed by atoms with E-state index in [2.05, 4.69) is 13.8 Å². The van der Waals surface area contributed by atoms with Crippen molar-refractivity contribution in [3.8, 4) is 0 Å². The predicted octanol–water partition coefficient (Wildman–Crippen LogP) is 3.91. The Morgan fingerprint density at radius 2 is 2.05 bits per heavy atom. The van der Waals surface area contributed by atoms with Crippen LogP contribution in [-0.4, -0.2) is 36.2 Å². The number of nitrogens with two attached hydrogens (primary N) is 1. The summed E-state index contributed by atoms with van der Waals surface area (Å²) < 4.78 is 0. The predicted molar refractivity (Wildman–Crippen MR) is 90.5 cm³/mol. The lowest BCUT2D eigenvalue weighted by atomic mass is 9.79. The summed E-state index contributed by atoms with van der Waals surface area (Å²) in [5.74, 6) is -0.0491. The molecule has 1 aromatic rings. The van der Waals surface area contributed by atoms with E-state index in [0.717, 1.165) is 11.3 Å². The standard InChI is InChI=1S/C15H20Cl2N2OS/c1-15(2)8-19(5-4-13(15)18)14(20)9-6-12(21-3)11(17)7-10(9)16/h6-7,13H,4-5,8,18H2,1-3H3. The lowest BCUT2D eigenvalue weighted by molar-refractivity contribution is 0.0533. The van der Waals surface area contributed by atoms with Crippen molar-refractivity contribution in [1.82, 2.24) is 4.90 Å². The number of hydrogen-bond acceptors (Lipinski definition) is 3. The number of carbonyl (C=O) groups excluding carboxylic acids is 1. The summed E-state index contributed by atoms with van der Waals surface area (Å²) in [7, 11) is 0. The van der Waals surface area contributed by atoms with Gasteiger partial charge in [0.15, 0.2) is 0 Å². The van der Waals surface area contributed by atoms with Crippen molar-refractivity contribution >= 4 is 40.9 Å². The summed E-state index contributed by atoms with van der Waals surface area (Å²) in [5, 5.41) is 0.973. The second-order valence-corrected chi connectivity index (χ2v) is 7.74. The molecule has 0 spiro atoms. The van der Waals surface area contributed by atoms with E-state index in [1.165, 1.54) is 11.8 Å². The van der Waals surface area contributed by atoms with E-state index >= 15 is 0 Å². The highest BCUT2D eigenvalue weighted by atomic mass is 35.5.